The Hall–Kier alpha value is -3.56. The predicted molar refractivity (Wildman–Crippen MR) is 133 cm³/mol. The molecule has 1 aliphatic heterocycles. The summed E-state index contributed by atoms with van der Waals surface area (Å²) in [6.07, 6.45) is 9.61. The SMILES string of the molecule is CC1=C[C@H](N)C[C@H](c2ccncc2Cc2ncc3ccc(-c4c(F)cc(C5(F)COC5)cc4F)nn23)C1. The number of benzene rings is 1. The molecule has 3 aromatic heterocycles. The Labute approximate surface area is 212 Å². The quantitative estimate of drug-likeness (QED) is 0.386. The van der Waals surface area contributed by atoms with Crippen molar-refractivity contribution in [2.75, 3.05) is 13.2 Å². The number of hydrogen-bond donors (Lipinski definition) is 1. The number of aromatic nitrogens is 4. The second-order valence-corrected chi connectivity index (χ2v) is 10.1. The number of pyridine rings is 1. The van der Waals surface area contributed by atoms with Gasteiger partial charge in [-0.3, -0.25) is 4.98 Å². The number of halogens is 3. The first kappa shape index (κ1) is 23.8. The summed E-state index contributed by atoms with van der Waals surface area (Å²) in [7, 11) is 0. The van der Waals surface area contributed by atoms with Crippen LogP contribution in [0.3, 0.4) is 0 Å². The van der Waals surface area contributed by atoms with Crippen LogP contribution >= 0.6 is 0 Å². The topological polar surface area (TPSA) is 78.3 Å². The van der Waals surface area contributed by atoms with Crippen molar-refractivity contribution in [1.29, 1.82) is 0 Å². The lowest BCUT2D eigenvalue weighted by Gasteiger charge is -2.34. The molecule has 37 heavy (non-hydrogen) atoms. The first-order chi connectivity index (χ1) is 17.8. The largest absolute Gasteiger partial charge is 0.374 e. The molecule has 6 nitrogen and oxygen atoms in total. The fraction of sp³-hybridized carbons (Fsp3) is 0.321. The van der Waals surface area contributed by atoms with Gasteiger partial charge in [0.05, 0.1) is 36.2 Å². The highest BCUT2D eigenvalue weighted by molar-refractivity contribution is 5.63. The maximum Gasteiger partial charge on any atom is 0.182 e. The minimum Gasteiger partial charge on any atom is -0.374 e. The minimum atomic E-state index is -1.87. The standard InChI is InChI=1S/C28H26F3N5O/c1-16-6-17(8-20(32)7-16)22-4-5-33-12-18(22)9-26-34-13-21-2-3-25(35-36(21)26)27-23(29)10-19(11-24(27)30)28(31)14-37-15-28/h2-5,7,10-13,17,20H,6,8-9,14-15,32H2,1H3/t17-,20+/m1/s1. The zero-order valence-corrected chi connectivity index (χ0v) is 20.3. The van der Waals surface area contributed by atoms with E-state index in [2.05, 4.69) is 28.1 Å². The van der Waals surface area contributed by atoms with Gasteiger partial charge in [0.15, 0.2) is 5.67 Å². The molecule has 1 fully saturated rings. The number of alkyl halides is 1. The summed E-state index contributed by atoms with van der Waals surface area (Å²) in [6.45, 7) is 1.66. The molecule has 4 heterocycles. The highest BCUT2D eigenvalue weighted by atomic mass is 19.1. The number of rotatable bonds is 5. The third kappa shape index (κ3) is 4.32. The number of allylic oxidation sites excluding steroid dienone is 1. The zero-order chi connectivity index (χ0) is 25.7. The van der Waals surface area contributed by atoms with E-state index in [0.717, 1.165) is 30.5 Å². The summed E-state index contributed by atoms with van der Waals surface area (Å²) >= 11 is 0. The molecule has 1 aliphatic carbocycles. The van der Waals surface area contributed by atoms with E-state index in [0.29, 0.717) is 17.8 Å². The Kier molecular flexibility index (Phi) is 5.84. The van der Waals surface area contributed by atoms with Gasteiger partial charge in [0.2, 0.25) is 0 Å². The van der Waals surface area contributed by atoms with Crippen LogP contribution in [0.1, 0.15) is 48.2 Å². The number of nitrogens with two attached hydrogens (primary N) is 1. The molecule has 2 atom stereocenters. The second-order valence-electron chi connectivity index (χ2n) is 10.1. The van der Waals surface area contributed by atoms with Gasteiger partial charge >= 0.3 is 0 Å². The third-order valence-electron chi connectivity index (χ3n) is 7.29. The van der Waals surface area contributed by atoms with Crippen LogP contribution in [-0.4, -0.2) is 38.8 Å². The lowest BCUT2D eigenvalue weighted by Crippen LogP contribution is -2.42. The van der Waals surface area contributed by atoms with Crippen molar-refractivity contribution >= 4 is 5.52 Å². The molecule has 0 spiro atoms. The zero-order valence-electron chi connectivity index (χ0n) is 20.3. The van der Waals surface area contributed by atoms with Crippen LogP contribution in [0.5, 0.6) is 0 Å². The van der Waals surface area contributed by atoms with Gasteiger partial charge in [-0.15, -0.1) is 0 Å². The van der Waals surface area contributed by atoms with E-state index < -0.39 is 17.3 Å². The number of ether oxygens (including phenoxy) is 1. The van der Waals surface area contributed by atoms with Crippen LogP contribution in [0.2, 0.25) is 0 Å². The van der Waals surface area contributed by atoms with Crippen molar-refractivity contribution in [3.05, 3.63) is 94.7 Å². The molecule has 0 saturated carbocycles. The fourth-order valence-corrected chi connectivity index (χ4v) is 5.41. The number of imidazole rings is 1. The summed E-state index contributed by atoms with van der Waals surface area (Å²) in [5.41, 5.74) is 8.22. The van der Waals surface area contributed by atoms with E-state index >= 15 is 8.78 Å². The van der Waals surface area contributed by atoms with E-state index in [1.807, 2.05) is 12.3 Å². The maximum absolute atomic E-state index is 15.0. The Balaban J connectivity index is 1.35. The highest BCUT2D eigenvalue weighted by Gasteiger charge is 2.41. The molecule has 2 aliphatic rings. The van der Waals surface area contributed by atoms with Crippen molar-refractivity contribution in [1.82, 2.24) is 19.6 Å². The molecular weight excluding hydrogens is 479 g/mol. The lowest BCUT2D eigenvalue weighted by molar-refractivity contribution is -0.135. The third-order valence-corrected chi connectivity index (χ3v) is 7.29. The van der Waals surface area contributed by atoms with Crippen LogP contribution in [-0.2, 0) is 16.8 Å². The van der Waals surface area contributed by atoms with Gasteiger partial charge in [0.1, 0.15) is 17.5 Å². The van der Waals surface area contributed by atoms with Crippen molar-refractivity contribution in [2.24, 2.45) is 5.73 Å². The van der Waals surface area contributed by atoms with E-state index in [4.69, 9.17) is 10.5 Å². The van der Waals surface area contributed by atoms with Gasteiger partial charge in [0, 0.05) is 24.9 Å². The van der Waals surface area contributed by atoms with Gasteiger partial charge in [-0.25, -0.2) is 22.7 Å². The number of nitrogens with zero attached hydrogens (tertiary/aromatic N) is 4. The van der Waals surface area contributed by atoms with Crippen LogP contribution in [0, 0.1) is 11.6 Å². The summed E-state index contributed by atoms with van der Waals surface area (Å²) in [5.74, 6) is -0.863. The Morgan fingerprint density at radius 3 is 2.62 bits per heavy atom. The summed E-state index contributed by atoms with van der Waals surface area (Å²) < 4.78 is 51.2. The Morgan fingerprint density at radius 1 is 1.14 bits per heavy atom. The molecular formula is C28H26F3N5O. The fourth-order valence-electron chi connectivity index (χ4n) is 5.41. The molecule has 4 aromatic rings. The molecule has 0 bridgehead atoms. The summed E-state index contributed by atoms with van der Waals surface area (Å²) in [4.78, 5) is 8.86. The van der Waals surface area contributed by atoms with Gasteiger partial charge in [-0.2, -0.15) is 5.10 Å². The average molecular weight is 506 g/mol. The van der Waals surface area contributed by atoms with Crippen LogP contribution in [0.25, 0.3) is 16.8 Å². The van der Waals surface area contributed by atoms with E-state index in [1.165, 1.54) is 17.2 Å². The molecule has 1 aromatic carbocycles. The van der Waals surface area contributed by atoms with Crippen LogP contribution < -0.4 is 5.73 Å². The Morgan fingerprint density at radius 2 is 1.92 bits per heavy atom. The molecule has 190 valence electrons. The van der Waals surface area contributed by atoms with E-state index in [1.54, 1.807) is 23.0 Å². The van der Waals surface area contributed by atoms with Crippen molar-refractivity contribution in [3.8, 4) is 11.3 Å². The maximum atomic E-state index is 15.0. The number of fused-ring (bicyclic) bond motifs is 1. The molecule has 2 N–H and O–H groups in total. The molecule has 6 rings (SSSR count). The summed E-state index contributed by atoms with van der Waals surface area (Å²) in [6, 6.07) is 7.33. The van der Waals surface area contributed by atoms with Crippen molar-refractivity contribution < 1.29 is 17.9 Å². The van der Waals surface area contributed by atoms with Crippen molar-refractivity contribution in [2.45, 2.75) is 43.8 Å². The van der Waals surface area contributed by atoms with Gasteiger partial charge in [0.25, 0.3) is 0 Å². The van der Waals surface area contributed by atoms with Crippen molar-refractivity contribution in [3.63, 3.8) is 0 Å². The van der Waals surface area contributed by atoms with Crippen LogP contribution in [0.4, 0.5) is 13.2 Å². The molecule has 0 amide bonds. The van der Waals surface area contributed by atoms with Gasteiger partial charge in [-0.05, 0) is 72.7 Å². The summed E-state index contributed by atoms with van der Waals surface area (Å²) in [5, 5.41) is 4.52. The average Bonchev–Trinajstić information content (AvgIpc) is 3.24. The molecule has 9 heteroatoms. The van der Waals surface area contributed by atoms with E-state index in [-0.39, 0.29) is 42.0 Å². The van der Waals surface area contributed by atoms with E-state index in [9.17, 15) is 4.39 Å². The Bertz CT molecular complexity index is 1500. The van der Waals surface area contributed by atoms with Crippen LogP contribution in [0.15, 0.2) is 60.6 Å². The monoisotopic (exact) mass is 505 g/mol. The van der Waals surface area contributed by atoms with Gasteiger partial charge in [-0.1, -0.05) is 11.6 Å². The molecule has 0 unspecified atom stereocenters. The number of hydrogen-bond acceptors (Lipinski definition) is 5. The smallest absolute Gasteiger partial charge is 0.182 e. The lowest BCUT2D eigenvalue weighted by atomic mass is 9.80. The predicted octanol–water partition coefficient (Wildman–Crippen LogP) is 5.01. The first-order valence-electron chi connectivity index (χ1n) is 12.3. The normalized spacial score (nSPS) is 21.1. The second kappa shape index (κ2) is 9.08. The minimum absolute atomic E-state index is 0.0107. The highest BCUT2D eigenvalue weighted by Crippen LogP contribution is 2.37. The first-order valence-corrected chi connectivity index (χ1v) is 12.3. The van der Waals surface area contributed by atoms with Gasteiger partial charge < -0.3 is 10.5 Å². The molecule has 0 radical (unpaired) electrons. The molecule has 1 saturated heterocycles.